The molecular formula is C17H25FN4. The van der Waals surface area contributed by atoms with Crippen LogP contribution in [-0.4, -0.2) is 35.3 Å². The van der Waals surface area contributed by atoms with Crippen molar-refractivity contribution >= 4 is 0 Å². The molecule has 2 aromatic rings. The van der Waals surface area contributed by atoms with E-state index in [1.165, 1.54) is 17.7 Å². The lowest BCUT2D eigenvalue weighted by molar-refractivity contribution is 0.278. The highest BCUT2D eigenvalue weighted by molar-refractivity contribution is 5.20. The van der Waals surface area contributed by atoms with E-state index in [4.69, 9.17) is 0 Å². The summed E-state index contributed by atoms with van der Waals surface area (Å²) in [7, 11) is 6.06. The van der Waals surface area contributed by atoms with E-state index in [1.807, 2.05) is 36.3 Å². The zero-order valence-corrected chi connectivity index (χ0v) is 13.8. The van der Waals surface area contributed by atoms with Crippen LogP contribution in [0.1, 0.15) is 36.6 Å². The fourth-order valence-electron chi connectivity index (χ4n) is 2.66. The average Bonchev–Trinajstić information content (AvgIpc) is 2.91. The first-order chi connectivity index (χ1) is 10.5. The van der Waals surface area contributed by atoms with Gasteiger partial charge in [0.15, 0.2) is 0 Å². The van der Waals surface area contributed by atoms with Gasteiger partial charge >= 0.3 is 0 Å². The van der Waals surface area contributed by atoms with Crippen LogP contribution in [0.4, 0.5) is 4.39 Å². The van der Waals surface area contributed by atoms with Gasteiger partial charge in [0, 0.05) is 37.4 Å². The molecule has 5 heteroatoms. The number of hydrogen-bond acceptors (Lipinski definition) is 3. The van der Waals surface area contributed by atoms with E-state index in [1.54, 1.807) is 0 Å². The lowest BCUT2D eigenvalue weighted by Gasteiger charge is -2.26. The molecule has 0 aliphatic rings. The van der Waals surface area contributed by atoms with Crippen molar-refractivity contribution in [3.63, 3.8) is 0 Å². The molecule has 22 heavy (non-hydrogen) atoms. The van der Waals surface area contributed by atoms with Crippen LogP contribution < -0.4 is 5.32 Å². The standard InChI is InChI=1S/C17H25FN4/c1-5-16(13-6-8-15(18)9-7-13)19-11-17(21(2)3)14-10-20-22(4)12-14/h6-10,12,16-17,19H,5,11H2,1-4H3. The van der Waals surface area contributed by atoms with Gasteiger partial charge in [-0.1, -0.05) is 19.1 Å². The fraction of sp³-hybridized carbons (Fsp3) is 0.471. The van der Waals surface area contributed by atoms with Gasteiger partial charge in [0.05, 0.1) is 6.20 Å². The van der Waals surface area contributed by atoms with Crippen molar-refractivity contribution in [2.75, 3.05) is 20.6 Å². The van der Waals surface area contributed by atoms with Crippen molar-refractivity contribution in [2.45, 2.75) is 25.4 Å². The van der Waals surface area contributed by atoms with E-state index in [2.05, 4.69) is 36.3 Å². The average molecular weight is 304 g/mol. The topological polar surface area (TPSA) is 33.1 Å². The number of rotatable bonds is 7. The van der Waals surface area contributed by atoms with Crippen molar-refractivity contribution in [1.29, 1.82) is 0 Å². The number of halogens is 1. The summed E-state index contributed by atoms with van der Waals surface area (Å²) in [5, 5.41) is 7.85. The van der Waals surface area contributed by atoms with Gasteiger partial charge in [-0.2, -0.15) is 5.10 Å². The third-order valence-corrected chi connectivity index (χ3v) is 3.97. The number of nitrogens with one attached hydrogen (secondary N) is 1. The van der Waals surface area contributed by atoms with Crippen molar-refractivity contribution in [3.8, 4) is 0 Å². The van der Waals surface area contributed by atoms with Gasteiger partial charge in [-0.3, -0.25) is 4.68 Å². The minimum atomic E-state index is -0.194. The fourth-order valence-corrected chi connectivity index (χ4v) is 2.66. The molecule has 4 nitrogen and oxygen atoms in total. The summed E-state index contributed by atoms with van der Waals surface area (Å²) in [5.41, 5.74) is 2.31. The normalized spacial score (nSPS) is 14.3. The van der Waals surface area contributed by atoms with Gasteiger partial charge in [-0.15, -0.1) is 0 Å². The molecule has 0 saturated heterocycles. The van der Waals surface area contributed by atoms with Gasteiger partial charge in [0.1, 0.15) is 5.82 Å². The summed E-state index contributed by atoms with van der Waals surface area (Å²) >= 11 is 0. The number of aryl methyl sites for hydroxylation is 1. The molecule has 1 N–H and O–H groups in total. The van der Waals surface area contributed by atoms with Crippen LogP contribution in [0.3, 0.4) is 0 Å². The van der Waals surface area contributed by atoms with Gasteiger partial charge in [0.2, 0.25) is 0 Å². The van der Waals surface area contributed by atoms with Crippen molar-refractivity contribution < 1.29 is 4.39 Å². The smallest absolute Gasteiger partial charge is 0.123 e. The van der Waals surface area contributed by atoms with Gasteiger partial charge < -0.3 is 10.2 Å². The summed E-state index contributed by atoms with van der Waals surface area (Å²) in [6.45, 7) is 2.95. The highest BCUT2D eigenvalue weighted by Crippen LogP contribution is 2.21. The summed E-state index contributed by atoms with van der Waals surface area (Å²) < 4.78 is 14.9. The Balaban J connectivity index is 2.05. The molecule has 2 unspecified atom stereocenters. The molecule has 0 aliphatic carbocycles. The van der Waals surface area contributed by atoms with E-state index in [0.717, 1.165) is 18.5 Å². The lowest BCUT2D eigenvalue weighted by Crippen LogP contribution is -2.33. The molecule has 120 valence electrons. The van der Waals surface area contributed by atoms with E-state index in [9.17, 15) is 4.39 Å². The largest absolute Gasteiger partial charge is 0.308 e. The van der Waals surface area contributed by atoms with E-state index >= 15 is 0 Å². The molecule has 2 atom stereocenters. The first kappa shape index (κ1) is 16.6. The third kappa shape index (κ3) is 4.15. The maximum Gasteiger partial charge on any atom is 0.123 e. The second-order valence-electron chi connectivity index (χ2n) is 5.85. The molecule has 0 fully saturated rings. The molecule has 0 spiro atoms. The van der Waals surface area contributed by atoms with Crippen LogP contribution in [0.5, 0.6) is 0 Å². The van der Waals surface area contributed by atoms with Crippen molar-refractivity contribution in [1.82, 2.24) is 20.0 Å². The summed E-state index contributed by atoms with van der Waals surface area (Å²) in [5.74, 6) is -0.194. The number of hydrogen-bond donors (Lipinski definition) is 1. The van der Waals surface area contributed by atoms with Gasteiger partial charge in [-0.05, 0) is 38.2 Å². The number of likely N-dealkylation sites (N-methyl/N-ethyl adjacent to an activating group) is 1. The SMILES string of the molecule is CCC(NCC(c1cnn(C)c1)N(C)C)c1ccc(F)cc1. The monoisotopic (exact) mass is 304 g/mol. The lowest BCUT2D eigenvalue weighted by atomic mass is 10.0. The Hall–Kier alpha value is -1.72. The summed E-state index contributed by atoms with van der Waals surface area (Å²) in [6, 6.07) is 7.22. The molecule has 1 aromatic heterocycles. The zero-order chi connectivity index (χ0) is 16.1. The number of nitrogens with zero attached hydrogens (tertiary/aromatic N) is 3. The summed E-state index contributed by atoms with van der Waals surface area (Å²) in [4.78, 5) is 2.18. The van der Waals surface area contributed by atoms with Crippen LogP contribution >= 0.6 is 0 Å². The Morgan fingerprint density at radius 3 is 2.41 bits per heavy atom. The first-order valence-electron chi connectivity index (χ1n) is 7.65. The van der Waals surface area contributed by atoms with Crippen LogP contribution in [-0.2, 0) is 7.05 Å². The molecule has 0 bridgehead atoms. The molecule has 1 aromatic carbocycles. The van der Waals surface area contributed by atoms with Crippen molar-refractivity contribution in [2.24, 2.45) is 7.05 Å². The predicted molar refractivity (Wildman–Crippen MR) is 87.1 cm³/mol. The highest BCUT2D eigenvalue weighted by atomic mass is 19.1. The van der Waals surface area contributed by atoms with E-state index in [0.29, 0.717) is 0 Å². The van der Waals surface area contributed by atoms with Crippen LogP contribution in [0.2, 0.25) is 0 Å². The molecule has 1 heterocycles. The Labute approximate surface area is 131 Å². The molecule has 0 radical (unpaired) electrons. The number of benzene rings is 1. The second kappa shape index (κ2) is 7.51. The molecular weight excluding hydrogens is 279 g/mol. The van der Waals surface area contributed by atoms with Crippen molar-refractivity contribution in [3.05, 3.63) is 53.6 Å². The Bertz CT molecular complexity index is 577. The minimum absolute atomic E-state index is 0.194. The first-order valence-corrected chi connectivity index (χ1v) is 7.65. The van der Waals surface area contributed by atoms with Crippen LogP contribution in [0.25, 0.3) is 0 Å². The van der Waals surface area contributed by atoms with Crippen LogP contribution in [0, 0.1) is 5.82 Å². The van der Waals surface area contributed by atoms with E-state index < -0.39 is 0 Å². The van der Waals surface area contributed by atoms with Crippen LogP contribution in [0.15, 0.2) is 36.7 Å². The third-order valence-electron chi connectivity index (χ3n) is 3.97. The van der Waals surface area contributed by atoms with Gasteiger partial charge in [0.25, 0.3) is 0 Å². The Kier molecular flexibility index (Phi) is 5.69. The quantitative estimate of drug-likeness (QED) is 0.854. The maximum atomic E-state index is 13.1. The van der Waals surface area contributed by atoms with E-state index in [-0.39, 0.29) is 17.9 Å². The Morgan fingerprint density at radius 1 is 1.23 bits per heavy atom. The highest BCUT2D eigenvalue weighted by Gasteiger charge is 2.18. The zero-order valence-electron chi connectivity index (χ0n) is 13.8. The van der Waals surface area contributed by atoms with Gasteiger partial charge in [-0.25, -0.2) is 4.39 Å². The molecule has 0 aliphatic heterocycles. The molecule has 0 amide bonds. The molecule has 2 rings (SSSR count). The maximum absolute atomic E-state index is 13.1. The predicted octanol–water partition coefficient (Wildman–Crippen LogP) is 2.90. The number of aromatic nitrogens is 2. The Morgan fingerprint density at radius 2 is 1.91 bits per heavy atom. The second-order valence-corrected chi connectivity index (χ2v) is 5.85. The molecule has 0 saturated carbocycles. The minimum Gasteiger partial charge on any atom is -0.308 e. The summed E-state index contributed by atoms with van der Waals surface area (Å²) in [6.07, 6.45) is 4.91.